The molecule has 0 saturated heterocycles. The van der Waals surface area contributed by atoms with Crippen molar-refractivity contribution in [3.05, 3.63) is 40.6 Å². The van der Waals surface area contributed by atoms with Crippen LogP contribution in [-0.4, -0.2) is 11.8 Å². The normalized spacial score (nSPS) is 22.1. The van der Waals surface area contributed by atoms with Crippen molar-refractivity contribution in [1.82, 2.24) is 0 Å². The molecule has 1 aromatic carbocycles. The Morgan fingerprint density at radius 2 is 1.70 bits per heavy atom. The van der Waals surface area contributed by atoms with Gasteiger partial charge in [0.15, 0.2) is 5.78 Å². The Bertz CT molecular complexity index is 705. The predicted molar refractivity (Wildman–Crippen MR) is 108 cm³/mol. The van der Waals surface area contributed by atoms with Crippen LogP contribution < -0.4 is 0 Å². The van der Waals surface area contributed by atoms with Crippen LogP contribution in [0.4, 0.5) is 0 Å². The molecule has 0 bridgehead atoms. The van der Waals surface area contributed by atoms with Crippen LogP contribution in [-0.2, 0) is 14.3 Å². The Morgan fingerprint density at radius 3 is 2.41 bits per heavy atom. The van der Waals surface area contributed by atoms with E-state index in [2.05, 4.69) is 6.92 Å². The molecule has 1 aromatic rings. The lowest BCUT2D eigenvalue weighted by atomic mass is 9.80. The lowest BCUT2D eigenvalue weighted by Gasteiger charge is -2.25. The molecule has 0 aliphatic heterocycles. The molecule has 2 unspecified atom stereocenters. The maximum Gasteiger partial charge on any atom is 0.310 e. The largest absolute Gasteiger partial charge is 0.430 e. The van der Waals surface area contributed by atoms with Gasteiger partial charge in [-0.15, -0.1) is 0 Å². The average molecular weight is 389 g/mol. The first-order valence-corrected chi connectivity index (χ1v) is 10.7. The van der Waals surface area contributed by atoms with Gasteiger partial charge in [-0.1, -0.05) is 69.2 Å². The highest BCUT2D eigenvalue weighted by molar-refractivity contribution is 6.31. The maximum atomic E-state index is 13.1. The van der Waals surface area contributed by atoms with E-state index >= 15 is 0 Å². The smallest absolute Gasteiger partial charge is 0.310 e. The van der Waals surface area contributed by atoms with Crippen LogP contribution in [0.3, 0.4) is 0 Å². The molecule has 0 amide bonds. The summed E-state index contributed by atoms with van der Waals surface area (Å²) in [4.78, 5) is 25.5. The van der Waals surface area contributed by atoms with Crippen molar-refractivity contribution in [1.29, 1.82) is 0 Å². The summed E-state index contributed by atoms with van der Waals surface area (Å²) in [5, 5.41) is 0.632. The molecule has 4 heteroatoms. The van der Waals surface area contributed by atoms with Crippen molar-refractivity contribution in [3.63, 3.8) is 0 Å². The van der Waals surface area contributed by atoms with Gasteiger partial charge in [-0.2, -0.15) is 0 Å². The number of Topliss-reactive ketones (excluding diaryl/α,β-unsaturated/α-hetero) is 1. The fraction of sp³-hybridized carbons (Fsp3) is 0.565. The van der Waals surface area contributed by atoms with Gasteiger partial charge in [0.25, 0.3) is 0 Å². The lowest BCUT2D eigenvalue weighted by molar-refractivity contribution is -0.140. The van der Waals surface area contributed by atoms with E-state index in [1.165, 1.54) is 12.8 Å². The first kappa shape index (κ1) is 20.1. The van der Waals surface area contributed by atoms with Gasteiger partial charge >= 0.3 is 5.97 Å². The van der Waals surface area contributed by atoms with Gasteiger partial charge in [0.2, 0.25) is 0 Å². The SMILES string of the molecule is CCCCCCCC(=O)OC1=C(c2ccc(Cl)cc2)C(=O)C2CCCCC12. The summed E-state index contributed by atoms with van der Waals surface area (Å²) in [5.74, 6) is 0.572. The quantitative estimate of drug-likeness (QED) is 0.385. The number of benzene rings is 1. The molecule has 2 atom stereocenters. The number of allylic oxidation sites excluding steroid dienone is 2. The second-order valence-electron chi connectivity index (χ2n) is 7.75. The molecular weight excluding hydrogens is 360 g/mol. The van der Waals surface area contributed by atoms with Crippen molar-refractivity contribution < 1.29 is 14.3 Å². The first-order valence-electron chi connectivity index (χ1n) is 10.4. The van der Waals surface area contributed by atoms with Crippen molar-refractivity contribution >= 4 is 28.9 Å². The van der Waals surface area contributed by atoms with Crippen LogP contribution >= 0.6 is 11.6 Å². The summed E-state index contributed by atoms with van der Waals surface area (Å²) in [5.41, 5.74) is 1.41. The van der Waals surface area contributed by atoms with E-state index < -0.39 is 0 Å². The Balaban J connectivity index is 1.77. The minimum atomic E-state index is -0.202. The fourth-order valence-corrected chi connectivity index (χ4v) is 4.45. The molecular formula is C23H29ClO3. The number of esters is 1. The highest BCUT2D eigenvalue weighted by atomic mass is 35.5. The molecule has 0 radical (unpaired) electrons. The third-order valence-corrected chi connectivity index (χ3v) is 6.03. The Labute approximate surface area is 167 Å². The number of fused-ring (bicyclic) bond motifs is 1. The van der Waals surface area contributed by atoms with Gasteiger partial charge in [0.05, 0.1) is 5.57 Å². The van der Waals surface area contributed by atoms with Crippen LogP contribution in [0.2, 0.25) is 5.02 Å². The number of ether oxygens (including phenoxy) is 1. The zero-order valence-corrected chi connectivity index (χ0v) is 16.9. The topological polar surface area (TPSA) is 43.4 Å². The van der Waals surface area contributed by atoms with E-state index in [-0.39, 0.29) is 23.6 Å². The van der Waals surface area contributed by atoms with Crippen LogP contribution in [0.15, 0.2) is 30.0 Å². The number of ketones is 1. The van der Waals surface area contributed by atoms with Gasteiger partial charge in [0.1, 0.15) is 5.76 Å². The summed E-state index contributed by atoms with van der Waals surface area (Å²) in [7, 11) is 0. The van der Waals surface area contributed by atoms with Gasteiger partial charge in [-0.05, 0) is 37.0 Å². The second-order valence-corrected chi connectivity index (χ2v) is 8.18. The fourth-order valence-electron chi connectivity index (χ4n) is 4.33. The molecule has 2 aliphatic rings. The molecule has 3 rings (SSSR count). The molecule has 1 saturated carbocycles. The Morgan fingerprint density at radius 1 is 1.04 bits per heavy atom. The van der Waals surface area contributed by atoms with Crippen LogP contribution in [0.25, 0.3) is 5.57 Å². The van der Waals surface area contributed by atoms with Crippen molar-refractivity contribution in [3.8, 4) is 0 Å². The summed E-state index contributed by atoms with van der Waals surface area (Å²) in [6.45, 7) is 2.18. The highest BCUT2D eigenvalue weighted by Crippen LogP contribution is 2.47. The third kappa shape index (κ3) is 4.82. The maximum absolute atomic E-state index is 13.1. The number of carbonyl (C=O) groups is 2. The third-order valence-electron chi connectivity index (χ3n) is 5.77. The standard InChI is InChI=1S/C23H29ClO3/c1-2-3-4-5-6-11-20(25)27-23-19-10-8-7-9-18(19)22(26)21(23)16-12-14-17(24)15-13-16/h12-15,18-19H,2-11H2,1H3. The zero-order chi connectivity index (χ0) is 19.2. The van der Waals surface area contributed by atoms with E-state index in [4.69, 9.17) is 16.3 Å². The number of hydrogen-bond acceptors (Lipinski definition) is 3. The van der Waals surface area contributed by atoms with Crippen LogP contribution in [0, 0.1) is 11.8 Å². The van der Waals surface area contributed by atoms with Crippen molar-refractivity contribution in [2.24, 2.45) is 11.8 Å². The summed E-state index contributed by atoms with van der Waals surface area (Å²) < 4.78 is 5.84. The van der Waals surface area contributed by atoms with E-state index in [9.17, 15) is 9.59 Å². The molecule has 2 aliphatic carbocycles. The average Bonchev–Trinajstić information content (AvgIpc) is 2.95. The van der Waals surface area contributed by atoms with Gasteiger partial charge in [-0.3, -0.25) is 9.59 Å². The molecule has 146 valence electrons. The van der Waals surface area contributed by atoms with E-state index in [1.807, 2.05) is 12.1 Å². The summed E-state index contributed by atoms with van der Waals surface area (Å²) in [6, 6.07) is 7.27. The Hall–Kier alpha value is -1.61. The van der Waals surface area contributed by atoms with E-state index in [0.717, 1.165) is 50.5 Å². The summed E-state index contributed by atoms with van der Waals surface area (Å²) in [6.07, 6.45) is 9.84. The van der Waals surface area contributed by atoms with E-state index in [0.29, 0.717) is 22.8 Å². The van der Waals surface area contributed by atoms with Crippen molar-refractivity contribution in [2.75, 3.05) is 0 Å². The molecule has 0 spiro atoms. The first-order chi connectivity index (χ1) is 13.1. The minimum absolute atomic E-state index is 0.0308. The predicted octanol–water partition coefficient (Wildman–Crippen LogP) is 6.34. The van der Waals surface area contributed by atoms with Crippen molar-refractivity contribution in [2.45, 2.75) is 71.1 Å². The highest BCUT2D eigenvalue weighted by Gasteiger charge is 2.45. The summed E-state index contributed by atoms with van der Waals surface area (Å²) >= 11 is 6.00. The molecule has 0 N–H and O–H groups in total. The van der Waals surface area contributed by atoms with Crippen LogP contribution in [0.5, 0.6) is 0 Å². The monoisotopic (exact) mass is 388 g/mol. The molecule has 27 heavy (non-hydrogen) atoms. The molecule has 0 heterocycles. The van der Waals surface area contributed by atoms with E-state index in [1.54, 1.807) is 12.1 Å². The number of hydrogen-bond donors (Lipinski definition) is 0. The van der Waals surface area contributed by atoms with Gasteiger partial charge in [0, 0.05) is 23.3 Å². The molecule has 1 fully saturated rings. The molecule has 0 aromatic heterocycles. The number of rotatable bonds is 8. The zero-order valence-electron chi connectivity index (χ0n) is 16.1. The van der Waals surface area contributed by atoms with Gasteiger partial charge in [-0.25, -0.2) is 0 Å². The second kappa shape index (κ2) is 9.54. The minimum Gasteiger partial charge on any atom is -0.430 e. The number of unbranched alkanes of at least 4 members (excludes halogenated alkanes) is 4. The Kier molecular flexibility index (Phi) is 7.12. The lowest BCUT2D eigenvalue weighted by Crippen LogP contribution is -2.22. The number of carbonyl (C=O) groups excluding carboxylic acids is 2. The molecule has 3 nitrogen and oxygen atoms in total. The number of halogens is 1. The van der Waals surface area contributed by atoms with Crippen LogP contribution in [0.1, 0.15) is 76.7 Å². The van der Waals surface area contributed by atoms with Gasteiger partial charge < -0.3 is 4.74 Å².